The molecule has 0 aliphatic heterocycles. The Morgan fingerprint density at radius 3 is 1.91 bits per heavy atom. The molecule has 0 fully saturated rings. The molecule has 0 aliphatic rings. The van der Waals surface area contributed by atoms with Crippen LogP contribution in [0.15, 0.2) is 90.0 Å². The fourth-order valence-electron chi connectivity index (χ4n) is 2.83. The molecule has 168 valence electrons. The monoisotopic (exact) mass is 445 g/mol. The Morgan fingerprint density at radius 1 is 0.788 bits per heavy atom. The number of methoxy groups -OCH3 is 1. The van der Waals surface area contributed by atoms with Crippen LogP contribution in [0.5, 0.6) is 5.75 Å². The largest absolute Gasteiger partial charge is 0.497 e. The summed E-state index contributed by atoms with van der Waals surface area (Å²) in [4.78, 5) is 36.1. The van der Waals surface area contributed by atoms with Gasteiger partial charge in [-0.15, -0.1) is 0 Å². The molecule has 0 aromatic heterocycles. The van der Waals surface area contributed by atoms with Crippen LogP contribution < -0.4 is 15.5 Å². The molecule has 33 heavy (non-hydrogen) atoms. The van der Waals surface area contributed by atoms with E-state index in [-0.39, 0.29) is 6.54 Å². The van der Waals surface area contributed by atoms with Crippen molar-refractivity contribution >= 4 is 23.5 Å². The lowest BCUT2D eigenvalue weighted by Gasteiger charge is -2.09. The molecule has 0 bridgehead atoms. The van der Waals surface area contributed by atoms with Gasteiger partial charge < -0.3 is 14.8 Å². The number of amides is 2. The molecule has 0 unspecified atom stereocenters. The third-order valence-electron chi connectivity index (χ3n) is 4.50. The predicted molar refractivity (Wildman–Crippen MR) is 123 cm³/mol. The molecule has 3 aromatic carbocycles. The summed E-state index contributed by atoms with van der Waals surface area (Å²) in [6, 6.07) is 25.2. The van der Waals surface area contributed by atoms with Gasteiger partial charge in [0.05, 0.1) is 12.8 Å². The number of hydrogen-bond acceptors (Lipinski definition) is 6. The quantitative estimate of drug-likeness (QED) is 0.299. The van der Waals surface area contributed by atoms with Gasteiger partial charge >= 0.3 is 5.97 Å². The summed E-state index contributed by atoms with van der Waals surface area (Å²) in [5.41, 5.74) is 4.99. The Kier molecular flexibility index (Phi) is 8.30. The Bertz CT molecular complexity index is 1070. The van der Waals surface area contributed by atoms with Crippen LogP contribution in [0.4, 0.5) is 0 Å². The third kappa shape index (κ3) is 7.03. The van der Waals surface area contributed by atoms with E-state index >= 15 is 0 Å². The van der Waals surface area contributed by atoms with E-state index in [0.717, 1.165) is 11.1 Å². The van der Waals surface area contributed by atoms with Crippen LogP contribution in [0.2, 0.25) is 0 Å². The first-order chi connectivity index (χ1) is 16.1. The SMILES string of the molecule is COc1ccc(C(=O)NCC(=O)OCC(=O)NN=C(c2ccccc2)c2ccccc2)cc1. The summed E-state index contributed by atoms with van der Waals surface area (Å²) in [6.07, 6.45) is 0. The highest BCUT2D eigenvalue weighted by Gasteiger charge is 2.12. The van der Waals surface area contributed by atoms with Crippen LogP contribution in [-0.4, -0.2) is 43.8 Å². The van der Waals surface area contributed by atoms with Crippen molar-refractivity contribution < 1.29 is 23.9 Å². The molecule has 8 nitrogen and oxygen atoms in total. The van der Waals surface area contributed by atoms with E-state index in [0.29, 0.717) is 17.0 Å². The van der Waals surface area contributed by atoms with Crippen LogP contribution in [0.3, 0.4) is 0 Å². The van der Waals surface area contributed by atoms with Crippen LogP contribution >= 0.6 is 0 Å². The minimum Gasteiger partial charge on any atom is -0.497 e. The second-order valence-electron chi connectivity index (χ2n) is 6.80. The molecule has 0 radical (unpaired) electrons. The molecule has 0 aliphatic carbocycles. The summed E-state index contributed by atoms with van der Waals surface area (Å²) in [6.45, 7) is -0.904. The maximum Gasteiger partial charge on any atom is 0.325 e. The standard InChI is InChI=1S/C25H23N3O5/c1-32-21-14-12-20(13-15-21)25(31)26-16-23(30)33-17-22(29)27-28-24(18-8-4-2-5-9-18)19-10-6-3-7-11-19/h2-15H,16-17H2,1H3,(H,26,31)(H,27,29). The van der Waals surface area contributed by atoms with E-state index < -0.39 is 24.4 Å². The molecule has 0 saturated carbocycles. The molecule has 0 saturated heterocycles. The number of carbonyl (C=O) groups excluding carboxylic acids is 3. The lowest BCUT2D eigenvalue weighted by atomic mass is 10.0. The molecular weight excluding hydrogens is 422 g/mol. The van der Waals surface area contributed by atoms with Crippen molar-refractivity contribution in [3.05, 3.63) is 102 Å². The number of hydrazone groups is 1. The molecule has 2 N–H and O–H groups in total. The van der Waals surface area contributed by atoms with Crippen molar-refractivity contribution in [1.82, 2.24) is 10.7 Å². The highest BCUT2D eigenvalue weighted by molar-refractivity contribution is 6.13. The summed E-state index contributed by atoms with van der Waals surface area (Å²) in [5, 5.41) is 6.66. The maximum absolute atomic E-state index is 12.1. The highest BCUT2D eigenvalue weighted by Crippen LogP contribution is 2.11. The average Bonchev–Trinajstić information content (AvgIpc) is 2.87. The average molecular weight is 445 g/mol. The van der Waals surface area contributed by atoms with Crippen LogP contribution in [0.1, 0.15) is 21.5 Å². The number of ether oxygens (including phenoxy) is 2. The zero-order chi connectivity index (χ0) is 23.5. The summed E-state index contributed by atoms with van der Waals surface area (Å²) in [7, 11) is 1.52. The third-order valence-corrected chi connectivity index (χ3v) is 4.50. The van der Waals surface area contributed by atoms with E-state index in [9.17, 15) is 14.4 Å². The summed E-state index contributed by atoms with van der Waals surface area (Å²) >= 11 is 0. The van der Waals surface area contributed by atoms with E-state index in [1.807, 2.05) is 60.7 Å². The van der Waals surface area contributed by atoms with Crippen LogP contribution in [0.25, 0.3) is 0 Å². The van der Waals surface area contributed by atoms with Gasteiger partial charge in [0.2, 0.25) is 0 Å². The summed E-state index contributed by atoms with van der Waals surface area (Å²) < 4.78 is 9.95. The number of benzene rings is 3. The fourth-order valence-corrected chi connectivity index (χ4v) is 2.83. The van der Waals surface area contributed by atoms with Crippen molar-refractivity contribution in [2.45, 2.75) is 0 Å². The smallest absolute Gasteiger partial charge is 0.325 e. The van der Waals surface area contributed by atoms with Crippen molar-refractivity contribution in [3.63, 3.8) is 0 Å². The number of rotatable bonds is 9. The zero-order valence-corrected chi connectivity index (χ0v) is 18.0. The number of esters is 1. The van der Waals surface area contributed by atoms with Gasteiger partial charge in [-0.3, -0.25) is 14.4 Å². The topological polar surface area (TPSA) is 106 Å². The molecule has 3 rings (SSSR count). The van der Waals surface area contributed by atoms with Crippen LogP contribution in [0, 0.1) is 0 Å². The normalized spacial score (nSPS) is 9.97. The highest BCUT2D eigenvalue weighted by atomic mass is 16.5. The van der Waals surface area contributed by atoms with Gasteiger partial charge in [0.15, 0.2) is 6.61 Å². The molecule has 0 atom stereocenters. The Morgan fingerprint density at radius 2 is 1.36 bits per heavy atom. The van der Waals surface area contributed by atoms with Crippen molar-refractivity contribution in [2.75, 3.05) is 20.3 Å². The van der Waals surface area contributed by atoms with Gasteiger partial charge in [0.1, 0.15) is 12.3 Å². The van der Waals surface area contributed by atoms with Gasteiger partial charge in [-0.25, -0.2) is 5.43 Å². The number of nitrogens with zero attached hydrogens (tertiary/aromatic N) is 1. The van der Waals surface area contributed by atoms with Crippen molar-refractivity contribution in [1.29, 1.82) is 0 Å². The molecule has 8 heteroatoms. The van der Waals surface area contributed by atoms with Crippen LogP contribution in [-0.2, 0) is 14.3 Å². The fraction of sp³-hybridized carbons (Fsp3) is 0.120. The number of nitrogens with one attached hydrogen (secondary N) is 2. The Balaban J connectivity index is 1.50. The predicted octanol–water partition coefficient (Wildman–Crippen LogP) is 2.54. The summed E-state index contributed by atoms with van der Waals surface area (Å²) in [5.74, 6) is -1.18. The lowest BCUT2D eigenvalue weighted by molar-refractivity contribution is -0.147. The number of hydrogen-bond donors (Lipinski definition) is 2. The van der Waals surface area contributed by atoms with E-state index in [2.05, 4.69) is 15.8 Å². The maximum atomic E-state index is 12.1. The first kappa shape index (κ1) is 23.2. The van der Waals surface area contributed by atoms with Gasteiger partial charge in [-0.05, 0) is 24.3 Å². The van der Waals surface area contributed by atoms with Gasteiger partial charge in [0.25, 0.3) is 11.8 Å². The second kappa shape index (κ2) is 11.8. The van der Waals surface area contributed by atoms with Gasteiger partial charge in [0, 0.05) is 16.7 Å². The Labute approximate surface area is 191 Å². The second-order valence-corrected chi connectivity index (χ2v) is 6.80. The van der Waals surface area contributed by atoms with Crippen molar-refractivity contribution in [2.24, 2.45) is 5.10 Å². The molecule has 2 amide bonds. The molecule has 0 heterocycles. The van der Waals surface area contributed by atoms with Gasteiger partial charge in [-0.1, -0.05) is 60.7 Å². The van der Waals surface area contributed by atoms with E-state index in [1.54, 1.807) is 24.3 Å². The number of carbonyl (C=O) groups is 3. The minimum atomic E-state index is -0.748. The van der Waals surface area contributed by atoms with E-state index in [4.69, 9.17) is 9.47 Å². The molecule has 0 spiro atoms. The first-order valence-electron chi connectivity index (χ1n) is 10.1. The molecule has 3 aromatic rings. The lowest BCUT2D eigenvalue weighted by Crippen LogP contribution is -2.33. The van der Waals surface area contributed by atoms with Crippen molar-refractivity contribution in [3.8, 4) is 5.75 Å². The molecular formula is C25H23N3O5. The van der Waals surface area contributed by atoms with E-state index in [1.165, 1.54) is 7.11 Å². The van der Waals surface area contributed by atoms with Gasteiger partial charge in [-0.2, -0.15) is 5.10 Å². The zero-order valence-electron chi connectivity index (χ0n) is 18.0. The Hall–Kier alpha value is -4.46. The minimum absolute atomic E-state index is 0.366. The first-order valence-corrected chi connectivity index (χ1v) is 10.1.